The molecule has 112 valence electrons. The Balaban J connectivity index is 2.15. The first-order valence-electron chi connectivity index (χ1n) is 6.50. The van der Waals surface area contributed by atoms with Crippen LogP contribution in [0.2, 0.25) is 0 Å². The van der Waals surface area contributed by atoms with Gasteiger partial charge in [0.1, 0.15) is 16.2 Å². The van der Waals surface area contributed by atoms with Gasteiger partial charge in [-0.3, -0.25) is 4.79 Å². The molecule has 1 amide bonds. The molecule has 0 bridgehead atoms. The van der Waals surface area contributed by atoms with Gasteiger partial charge in [-0.1, -0.05) is 13.3 Å². The van der Waals surface area contributed by atoms with Crippen molar-refractivity contribution in [3.8, 4) is 10.6 Å². The summed E-state index contributed by atoms with van der Waals surface area (Å²) in [4.78, 5) is 27.8. The quantitative estimate of drug-likeness (QED) is 0.855. The first kappa shape index (κ1) is 15.7. The summed E-state index contributed by atoms with van der Waals surface area (Å²) in [6.45, 7) is 3.40. The van der Waals surface area contributed by atoms with Crippen molar-refractivity contribution in [2.45, 2.75) is 32.2 Å². The van der Waals surface area contributed by atoms with Crippen LogP contribution in [0.15, 0.2) is 22.2 Å². The second kappa shape index (κ2) is 6.36. The number of hydrogen-bond donors (Lipinski definition) is 2. The number of carboxylic acids is 1. The van der Waals surface area contributed by atoms with Crippen LogP contribution in [0.4, 0.5) is 0 Å². The highest BCUT2D eigenvalue weighted by Crippen LogP contribution is 2.26. The van der Waals surface area contributed by atoms with E-state index in [1.54, 1.807) is 16.7 Å². The van der Waals surface area contributed by atoms with Gasteiger partial charge in [0.15, 0.2) is 0 Å². The molecule has 0 spiro atoms. The summed E-state index contributed by atoms with van der Waals surface area (Å²) in [6, 6.07) is 1.93. The molecule has 2 rings (SSSR count). The van der Waals surface area contributed by atoms with Crippen LogP contribution in [0.25, 0.3) is 10.6 Å². The maximum Gasteiger partial charge on any atom is 0.329 e. The standard InChI is InChI=1S/C14H16N2O3S2/c1-3-5-14(2,13(18)19)16-11(17)10-8-21-12(15-10)9-4-6-20-7-9/h4,6-8H,3,5H2,1-2H3,(H,16,17)(H,18,19). The summed E-state index contributed by atoms with van der Waals surface area (Å²) in [6.07, 6.45) is 1.04. The van der Waals surface area contributed by atoms with Gasteiger partial charge in [-0.05, 0) is 24.8 Å². The molecule has 0 radical (unpaired) electrons. The van der Waals surface area contributed by atoms with Gasteiger partial charge in [0, 0.05) is 16.3 Å². The topological polar surface area (TPSA) is 79.3 Å². The number of aliphatic carboxylic acids is 1. The lowest BCUT2D eigenvalue weighted by Gasteiger charge is -2.25. The lowest BCUT2D eigenvalue weighted by Crippen LogP contribution is -2.52. The number of aromatic nitrogens is 1. The Bertz CT molecular complexity index is 636. The van der Waals surface area contributed by atoms with Crippen molar-refractivity contribution in [3.63, 3.8) is 0 Å². The van der Waals surface area contributed by atoms with Crippen LogP contribution in [0, 0.1) is 0 Å². The summed E-state index contributed by atoms with van der Waals surface area (Å²) in [5.74, 6) is -1.49. The number of amides is 1. The molecule has 2 heterocycles. The molecular formula is C14H16N2O3S2. The van der Waals surface area contributed by atoms with Crippen LogP contribution in [0.5, 0.6) is 0 Å². The highest BCUT2D eigenvalue weighted by molar-refractivity contribution is 7.14. The van der Waals surface area contributed by atoms with Crippen molar-refractivity contribution in [1.29, 1.82) is 0 Å². The number of rotatable bonds is 6. The maximum atomic E-state index is 12.2. The third-order valence-corrected chi connectivity index (χ3v) is 4.69. The Hall–Kier alpha value is -1.73. The van der Waals surface area contributed by atoms with E-state index in [2.05, 4.69) is 10.3 Å². The SMILES string of the molecule is CCCC(C)(NC(=O)c1csc(-c2ccsc2)n1)C(=O)O. The Morgan fingerprint density at radius 1 is 1.43 bits per heavy atom. The minimum Gasteiger partial charge on any atom is -0.480 e. The third kappa shape index (κ3) is 3.48. The van der Waals surface area contributed by atoms with Crippen molar-refractivity contribution in [2.75, 3.05) is 0 Å². The van der Waals surface area contributed by atoms with Crippen molar-refractivity contribution in [1.82, 2.24) is 10.3 Å². The molecule has 0 saturated carbocycles. The minimum atomic E-state index is -1.27. The van der Waals surface area contributed by atoms with Gasteiger partial charge in [-0.25, -0.2) is 9.78 Å². The predicted molar refractivity (Wildman–Crippen MR) is 83.8 cm³/mol. The number of carbonyl (C=O) groups is 2. The molecule has 0 fully saturated rings. The number of thiazole rings is 1. The summed E-state index contributed by atoms with van der Waals surface area (Å²) >= 11 is 2.93. The summed E-state index contributed by atoms with van der Waals surface area (Å²) in [7, 11) is 0. The average molecular weight is 324 g/mol. The van der Waals surface area contributed by atoms with Crippen molar-refractivity contribution in [2.24, 2.45) is 0 Å². The van der Waals surface area contributed by atoms with Gasteiger partial charge >= 0.3 is 5.97 Å². The molecule has 1 atom stereocenters. The van der Waals surface area contributed by atoms with Gasteiger partial charge in [0.05, 0.1) is 0 Å². The highest BCUT2D eigenvalue weighted by atomic mass is 32.1. The van der Waals surface area contributed by atoms with E-state index in [0.717, 1.165) is 10.6 Å². The van der Waals surface area contributed by atoms with Crippen LogP contribution < -0.4 is 5.32 Å². The van der Waals surface area contributed by atoms with Crippen molar-refractivity contribution >= 4 is 34.6 Å². The normalized spacial score (nSPS) is 13.6. The monoisotopic (exact) mass is 324 g/mol. The molecule has 7 heteroatoms. The molecule has 0 aliphatic carbocycles. The lowest BCUT2D eigenvalue weighted by molar-refractivity contribution is -0.144. The van der Waals surface area contributed by atoms with Crippen LogP contribution in [-0.2, 0) is 4.79 Å². The van der Waals surface area contributed by atoms with Gasteiger partial charge in [-0.2, -0.15) is 11.3 Å². The molecule has 2 aromatic rings. The highest BCUT2D eigenvalue weighted by Gasteiger charge is 2.34. The lowest BCUT2D eigenvalue weighted by atomic mass is 9.96. The summed E-state index contributed by atoms with van der Waals surface area (Å²) < 4.78 is 0. The zero-order valence-electron chi connectivity index (χ0n) is 11.8. The largest absolute Gasteiger partial charge is 0.480 e. The number of hydrogen-bond acceptors (Lipinski definition) is 5. The Morgan fingerprint density at radius 3 is 2.76 bits per heavy atom. The molecule has 0 aromatic carbocycles. The number of carboxylic acid groups (broad SMARTS) is 1. The van der Waals surface area contributed by atoms with Crippen LogP contribution in [-0.4, -0.2) is 27.5 Å². The second-order valence-corrected chi connectivity index (χ2v) is 6.53. The molecule has 5 nitrogen and oxygen atoms in total. The molecule has 0 aliphatic rings. The second-order valence-electron chi connectivity index (χ2n) is 4.89. The predicted octanol–water partition coefficient (Wildman–Crippen LogP) is 3.24. The van der Waals surface area contributed by atoms with E-state index in [-0.39, 0.29) is 5.69 Å². The van der Waals surface area contributed by atoms with Crippen molar-refractivity contribution < 1.29 is 14.7 Å². The molecular weight excluding hydrogens is 308 g/mol. The Labute approximate surface area is 130 Å². The summed E-state index contributed by atoms with van der Waals surface area (Å²) in [5, 5.41) is 18.2. The van der Waals surface area contributed by atoms with Crippen LogP contribution in [0.3, 0.4) is 0 Å². The third-order valence-electron chi connectivity index (χ3n) is 3.12. The molecule has 2 N–H and O–H groups in total. The van der Waals surface area contributed by atoms with Gasteiger partial charge in [0.25, 0.3) is 5.91 Å². The van der Waals surface area contributed by atoms with Crippen LogP contribution in [0.1, 0.15) is 37.2 Å². The number of nitrogens with zero attached hydrogens (tertiary/aromatic N) is 1. The average Bonchev–Trinajstić information content (AvgIpc) is 3.09. The fourth-order valence-electron chi connectivity index (χ4n) is 1.93. The first-order chi connectivity index (χ1) is 9.96. The van der Waals surface area contributed by atoms with E-state index >= 15 is 0 Å². The fraction of sp³-hybridized carbons (Fsp3) is 0.357. The molecule has 2 aromatic heterocycles. The van der Waals surface area contributed by atoms with Crippen molar-refractivity contribution in [3.05, 3.63) is 27.9 Å². The van der Waals surface area contributed by atoms with Gasteiger partial charge in [-0.15, -0.1) is 11.3 Å². The molecule has 1 unspecified atom stereocenters. The van der Waals surface area contributed by atoms with E-state index in [4.69, 9.17) is 0 Å². The van der Waals surface area contributed by atoms with Gasteiger partial charge < -0.3 is 10.4 Å². The smallest absolute Gasteiger partial charge is 0.329 e. The first-order valence-corrected chi connectivity index (χ1v) is 8.32. The number of nitrogens with one attached hydrogen (secondary N) is 1. The Morgan fingerprint density at radius 2 is 2.19 bits per heavy atom. The van der Waals surface area contributed by atoms with Crippen LogP contribution >= 0.6 is 22.7 Å². The van der Waals surface area contributed by atoms with E-state index in [9.17, 15) is 14.7 Å². The zero-order chi connectivity index (χ0) is 15.5. The number of thiophene rings is 1. The van der Waals surface area contributed by atoms with E-state index < -0.39 is 17.4 Å². The summed E-state index contributed by atoms with van der Waals surface area (Å²) in [5.41, 5.74) is -0.0405. The molecule has 21 heavy (non-hydrogen) atoms. The minimum absolute atomic E-state index is 0.254. The molecule has 0 aliphatic heterocycles. The zero-order valence-corrected chi connectivity index (χ0v) is 13.4. The number of carbonyl (C=O) groups excluding carboxylic acids is 1. The molecule has 0 saturated heterocycles. The Kier molecular flexibility index (Phi) is 4.74. The maximum absolute atomic E-state index is 12.2. The van der Waals surface area contributed by atoms with E-state index in [0.29, 0.717) is 12.8 Å². The fourth-order valence-corrected chi connectivity index (χ4v) is 3.45. The van der Waals surface area contributed by atoms with E-state index in [1.807, 2.05) is 23.8 Å². The van der Waals surface area contributed by atoms with E-state index in [1.165, 1.54) is 18.3 Å². The van der Waals surface area contributed by atoms with Gasteiger partial charge in [0.2, 0.25) is 0 Å².